The van der Waals surface area contributed by atoms with Crippen molar-refractivity contribution in [1.29, 1.82) is 0 Å². The van der Waals surface area contributed by atoms with E-state index in [1.807, 2.05) is 12.1 Å². The zero-order valence-corrected chi connectivity index (χ0v) is 14.6. The first-order chi connectivity index (χ1) is 11.5. The molecule has 2 aromatic carbocycles. The van der Waals surface area contributed by atoms with E-state index >= 15 is 0 Å². The van der Waals surface area contributed by atoms with Crippen molar-refractivity contribution in [3.05, 3.63) is 63.1 Å². The summed E-state index contributed by atoms with van der Waals surface area (Å²) < 4.78 is 0. The Balaban J connectivity index is 2.04. The summed E-state index contributed by atoms with van der Waals surface area (Å²) >= 11 is 18.2. The van der Waals surface area contributed by atoms with Gasteiger partial charge in [0.1, 0.15) is 5.71 Å². The summed E-state index contributed by atoms with van der Waals surface area (Å²) in [7, 11) is 0. The van der Waals surface area contributed by atoms with Crippen LogP contribution in [0.25, 0.3) is 0 Å². The normalized spacial score (nSPS) is 16.9. The number of rotatable bonds is 3. The summed E-state index contributed by atoms with van der Waals surface area (Å²) in [4.78, 5) is 11.9. The van der Waals surface area contributed by atoms with Crippen molar-refractivity contribution in [1.82, 2.24) is 5.43 Å². The average molecular weight is 384 g/mol. The average Bonchev–Trinajstić information content (AvgIpc) is 3.00. The lowest BCUT2D eigenvalue weighted by Crippen LogP contribution is -2.35. The highest BCUT2D eigenvalue weighted by Crippen LogP contribution is 2.39. The van der Waals surface area contributed by atoms with Crippen molar-refractivity contribution in [2.45, 2.75) is 12.5 Å². The third-order valence-electron chi connectivity index (χ3n) is 3.71. The molecule has 3 N–H and O–H groups in total. The highest BCUT2D eigenvalue weighted by molar-refractivity contribution is 6.40. The van der Waals surface area contributed by atoms with Gasteiger partial charge < -0.3 is 0 Å². The molecular formula is C16H13Cl3N4O. The molecular weight excluding hydrogens is 371 g/mol. The SMILES string of the molecule is NNC(=O)C1=NN(c2ccc(Cl)cc2Cl)C(c2ccc(Cl)cc2)C1. The molecule has 0 saturated heterocycles. The number of hydrazine groups is 1. The molecule has 2 aromatic rings. The minimum absolute atomic E-state index is 0.201. The van der Waals surface area contributed by atoms with E-state index in [4.69, 9.17) is 40.6 Å². The van der Waals surface area contributed by atoms with Crippen molar-refractivity contribution in [2.24, 2.45) is 10.9 Å². The van der Waals surface area contributed by atoms with Crippen LogP contribution in [0.3, 0.4) is 0 Å². The van der Waals surface area contributed by atoms with Crippen molar-refractivity contribution < 1.29 is 4.79 Å². The number of halogens is 3. The van der Waals surface area contributed by atoms with Crippen LogP contribution in [0.4, 0.5) is 5.69 Å². The van der Waals surface area contributed by atoms with Gasteiger partial charge in [0.2, 0.25) is 0 Å². The van der Waals surface area contributed by atoms with Crippen molar-refractivity contribution in [3.8, 4) is 0 Å². The van der Waals surface area contributed by atoms with Crippen molar-refractivity contribution in [3.63, 3.8) is 0 Å². The van der Waals surface area contributed by atoms with E-state index in [1.54, 1.807) is 35.3 Å². The van der Waals surface area contributed by atoms with Crippen molar-refractivity contribution >= 4 is 52.1 Å². The van der Waals surface area contributed by atoms with Gasteiger partial charge in [-0.15, -0.1) is 0 Å². The molecule has 1 heterocycles. The van der Waals surface area contributed by atoms with Crippen LogP contribution >= 0.6 is 34.8 Å². The maximum absolute atomic E-state index is 11.9. The number of nitrogens with two attached hydrogens (primary N) is 1. The van der Waals surface area contributed by atoms with Gasteiger partial charge in [0, 0.05) is 16.5 Å². The number of benzene rings is 2. The molecule has 5 nitrogen and oxygen atoms in total. The molecule has 1 atom stereocenters. The number of hydrogen-bond donors (Lipinski definition) is 2. The van der Waals surface area contributed by atoms with Gasteiger partial charge in [0.05, 0.1) is 16.8 Å². The summed E-state index contributed by atoms with van der Waals surface area (Å²) in [5.74, 6) is 4.80. The van der Waals surface area contributed by atoms with E-state index in [-0.39, 0.29) is 6.04 Å². The number of carbonyl (C=O) groups excluding carboxylic acids is 1. The maximum Gasteiger partial charge on any atom is 0.281 e. The Morgan fingerprint density at radius 3 is 2.42 bits per heavy atom. The lowest BCUT2D eigenvalue weighted by molar-refractivity contribution is -0.114. The number of amides is 1. The van der Waals surface area contributed by atoms with E-state index in [9.17, 15) is 4.79 Å². The number of anilines is 1. The zero-order valence-electron chi connectivity index (χ0n) is 12.3. The fourth-order valence-electron chi connectivity index (χ4n) is 2.56. The quantitative estimate of drug-likeness (QED) is 0.479. The van der Waals surface area contributed by atoms with Crippen LogP contribution in [-0.2, 0) is 4.79 Å². The molecule has 1 unspecified atom stereocenters. The molecule has 0 spiro atoms. The summed E-state index contributed by atoms with van der Waals surface area (Å²) in [6.45, 7) is 0. The second kappa shape index (κ2) is 6.99. The van der Waals surface area contributed by atoms with Crippen LogP contribution in [0, 0.1) is 0 Å². The third kappa shape index (κ3) is 3.35. The first kappa shape index (κ1) is 17.0. The van der Waals surface area contributed by atoms with Gasteiger partial charge in [-0.25, -0.2) is 5.84 Å². The fourth-order valence-corrected chi connectivity index (χ4v) is 3.19. The van der Waals surface area contributed by atoms with Gasteiger partial charge >= 0.3 is 0 Å². The molecule has 0 saturated carbocycles. The molecule has 0 radical (unpaired) electrons. The molecule has 0 aliphatic carbocycles. The minimum Gasteiger partial charge on any atom is -0.289 e. The molecule has 0 aromatic heterocycles. The van der Waals surface area contributed by atoms with Gasteiger partial charge in [-0.2, -0.15) is 5.10 Å². The highest BCUT2D eigenvalue weighted by Gasteiger charge is 2.33. The summed E-state index contributed by atoms with van der Waals surface area (Å²) in [6, 6.07) is 12.3. The minimum atomic E-state index is -0.429. The van der Waals surface area contributed by atoms with E-state index in [2.05, 4.69) is 10.5 Å². The first-order valence-electron chi connectivity index (χ1n) is 7.08. The van der Waals surface area contributed by atoms with Gasteiger partial charge in [-0.05, 0) is 35.9 Å². The Kier molecular flexibility index (Phi) is 4.96. The van der Waals surface area contributed by atoms with Gasteiger partial charge in [-0.3, -0.25) is 15.2 Å². The van der Waals surface area contributed by atoms with Crippen LogP contribution in [-0.4, -0.2) is 11.6 Å². The second-order valence-electron chi connectivity index (χ2n) is 5.23. The zero-order chi connectivity index (χ0) is 17.3. The van der Waals surface area contributed by atoms with E-state index in [0.29, 0.717) is 32.9 Å². The smallest absolute Gasteiger partial charge is 0.281 e. The molecule has 0 bridgehead atoms. The van der Waals surface area contributed by atoms with E-state index in [1.165, 1.54) is 0 Å². The molecule has 3 rings (SSSR count). The molecule has 8 heteroatoms. The third-order valence-corrected chi connectivity index (χ3v) is 4.50. The molecule has 0 fully saturated rings. The van der Waals surface area contributed by atoms with Crippen LogP contribution in [0.5, 0.6) is 0 Å². The van der Waals surface area contributed by atoms with Gasteiger partial charge in [0.15, 0.2) is 0 Å². The van der Waals surface area contributed by atoms with Crippen LogP contribution in [0.2, 0.25) is 15.1 Å². The second-order valence-corrected chi connectivity index (χ2v) is 6.51. The standard InChI is InChI=1S/C16H13Cl3N4O/c17-10-3-1-9(2-4-10)15-8-13(16(24)21-20)22-23(15)14-6-5-11(18)7-12(14)19/h1-7,15H,8,20H2,(H,21,24). The lowest BCUT2D eigenvalue weighted by atomic mass is 10.0. The first-order valence-corrected chi connectivity index (χ1v) is 8.21. The lowest BCUT2D eigenvalue weighted by Gasteiger charge is -2.25. The van der Waals surface area contributed by atoms with Gasteiger partial charge in [-0.1, -0.05) is 46.9 Å². The molecule has 1 amide bonds. The summed E-state index contributed by atoms with van der Waals surface area (Å²) in [5.41, 5.74) is 4.04. The Hall–Kier alpha value is -1.79. The number of hydrazone groups is 1. The Morgan fingerprint density at radius 1 is 1.12 bits per heavy atom. The molecule has 1 aliphatic heterocycles. The summed E-state index contributed by atoms with van der Waals surface area (Å²) in [5, 5.41) is 7.70. The van der Waals surface area contributed by atoms with E-state index < -0.39 is 5.91 Å². The predicted octanol–water partition coefficient (Wildman–Crippen LogP) is 3.94. The largest absolute Gasteiger partial charge is 0.289 e. The number of nitrogens with one attached hydrogen (secondary N) is 1. The topological polar surface area (TPSA) is 70.7 Å². The number of carbonyl (C=O) groups is 1. The molecule has 124 valence electrons. The molecule has 1 aliphatic rings. The van der Waals surface area contributed by atoms with Crippen molar-refractivity contribution in [2.75, 3.05) is 5.01 Å². The Bertz CT molecular complexity index is 807. The van der Waals surface area contributed by atoms with Crippen LogP contribution in [0.1, 0.15) is 18.0 Å². The van der Waals surface area contributed by atoms with Crippen LogP contribution in [0.15, 0.2) is 47.6 Å². The monoisotopic (exact) mass is 382 g/mol. The predicted molar refractivity (Wildman–Crippen MR) is 97.5 cm³/mol. The Morgan fingerprint density at radius 2 is 1.79 bits per heavy atom. The maximum atomic E-state index is 11.9. The molecule has 24 heavy (non-hydrogen) atoms. The fraction of sp³-hybridized carbons (Fsp3) is 0.125. The summed E-state index contributed by atoms with van der Waals surface area (Å²) in [6.07, 6.45) is 0.392. The number of hydrogen-bond acceptors (Lipinski definition) is 4. The van der Waals surface area contributed by atoms with Gasteiger partial charge in [0.25, 0.3) is 5.91 Å². The van der Waals surface area contributed by atoms with E-state index in [0.717, 1.165) is 5.56 Å². The van der Waals surface area contributed by atoms with Crippen LogP contribution < -0.4 is 16.3 Å². The highest BCUT2D eigenvalue weighted by atomic mass is 35.5. The number of nitrogens with zero attached hydrogens (tertiary/aromatic N) is 2. The Labute approximate surface area is 153 Å².